The minimum absolute atomic E-state index is 0.0205. The number of rotatable bonds is 24. The van der Waals surface area contributed by atoms with Crippen LogP contribution in [0.25, 0.3) is 11.2 Å². The van der Waals surface area contributed by atoms with E-state index in [1.807, 2.05) is 0 Å². The first kappa shape index (κ1) is 46.0. The highest BCUT2D eigenvalue weighted by Crippen LogP contribution is 2.50. The van der Waals surface area contributed by atoms with Crippen molar-refractivity contribution in [3.8, 4) is 0 Å². The molecule has 2 unspecified atom stereocenters. The number of carbonyl (C=O) groups excluding carboxylic acids is 3. The zero-order valence-corrected chi connectivity index (χ0v) is 33.9. The average molecular weight is 862 g/mol. The Morgan fingerprint density at radius 1 is 0.966 bits per heavy atom. The second-order valence-electron chi connectivity index (χ2n) is 12.0. The summed E-state index contributed by atoms with van der Waals surface area (Å²) in [4.78, 5) is 77.9. The number of anilines is 3. The lowest BCUT2D eigenvalue weighted by atomic mass is 10.1. The fourth-order valence-corrected chi connectivity index (χ4v) is 6.87. The third-order valence-corrected chi connectivity index (χ3v) is 10.2. The molecule has 4 rings (SSSR count). The van der Waals surface area contributed by atoms with Crippen LogP contribution in [0.5, 0.6) is 0 Å². The van der Waals surface area contributed by atoms with Crippen LogP contribution in [0.3, 0.4) is 0 Å². The molecule has 0 radical (unpaired) electrons. The Morgan fingerprint density at radius 2 is 1.68 bits per heavy atom. The Hall–Kier alpha value is -5.73. The Labute approximate surface area is 337 Å². The Morgan fingerprint density at radius 3 is 2.36 bits per heavy atom. The van der Waals surface area contributed by atoms with Crippen molar-refractivity contribution in [1.29, 1.82) is 0 Å². The van der Waals surface area contributed by atoms with Gasteiger partial charge in [-0.2, -0.15) is 4.98 Å². The molecule has 0 saturated heterocycles. The van der Waals surface area contributed by atoms with Crippen molar-refractivity contribution in [3.63, 3.8) is 0 Å². The number of nitrogens with two attached hydrogens (primary N) is 1. The van der Waals surface area contributed by atoms with Gasteiger partial charge in [-0.05, 0) is 63.6 Å². The van der Waals surface area contributed by atoms with Crippen molar-refractivity contribution < 1.29 is 60.8 Å². The third kappa shape index (κ3) is 14.3. The molecule has 7 N–H and O–H groups in total. The maximum atomic E-state index is 13.2. The van der Waals surface area contributed by atoms with E-state index in [1.165, 1.54) is 42.6 Å². The molecular formula is C35H43N8O14P2+. The largest absolute Gasteiger partial charge is 0.697 e. The number of aromatic amines is 1. The summed E-state index contributed by atoms with van der Waals surface area (Å²) in [5.41, 5.74) is 6.20. The number of amides is 2. The van der Waals surface area contributed by atoms with Crippen LogP contribution >= 0.6 is 16.1 Å². The molecule has 2 aromatic carbocycles. The number of fused-ring (bicyclic) bond motifs is 1. The fraction of sp³-hybridized carbons (Fsp3) is 0.371. The third-order valence-electron chi connectivity index (χ3n) is 7.64. The molecule has 0 saturated carbocycles. The molecule has 0 aliphatic rings. The summed E-state index contributed by atoms with van der Waals surface area (Å²) in [6, 6.07) is 10.4. The summed E-state index contributed by atoms with van der Waals surface area (Å²) >= 11 is 0. The molecule has 0 spiro atoms. The van der Waals surface area contributed by atoms with Crippen LogP contribution in [0, 0.1) is 0 Å². The quantitative estimate of drug-likeness (QED) is 0.0429. The number of phosphoric acid groups is 1. The van der Waals surface area contributed by atoms with E-state index in [9.17, 15) is 38.2 Å². The predicted octanol–water partition coefficient (Wildman–Crippen LogP) is 3.94. The number of benzene rings is 2. The molecule has 24 heteroatoms. The number of carboxylic acids is 1. The molecule has 22 nitrogen and oxygen atoms in total. The van der Waals surface area contributed by atoms with Crippen LogP contribution in [0.4, 0.5) is 17.3 Å². The van der Waals surface area contributed by atoms with Gasteiger partial charge in [-0.15, -0.1) is 9.05 Å². The lowest BCUT2D eigenvalue weighted by molar-refractivity contribution is -0.139. The van der Waals surface area contributed by atoms with Gasteiger partial charge >= 0.3 is 28.0 Å². The molecule has 2 aromatic heterocycles. The number of carboxylic acid groups (broad SMARTS) is 1. The summed E-state index contributed by atoms with van der Waals surface area (Å²) in [6.07, 6.45) is -0.529. The van der Waals surface area contributed by atoms with E-state index >= 15 is 0 Å². The standard InChI is InChI=1S/C35H42N8O14P2/c1-4-53-58(50)54-20-24(57-59(51,55-5-2)56-6-3)19-52-34(49)25-9-7-8-10-26(25)40-28(44)16-15-27(33(47)48)41-31(45)21-11-13-22(14-12-21)37-17-23-18-38-30-29(39-23)32(46)43-35(36)42-30/h7-14,18,24,27H,4-6,15-17,19-20H2,1-3H3,(H6-,36,37,38,40,41,42,43,44,45,46,47,48,49)/p+1/t24?,27-/m1/s1. The Kier molecular flexibility index (Phi) is 17.5. The van der Waals surface area contributed by atoms with E-state index in [2.05, 4.69) is 35.9 Å². The first-order valence-electron chi connectivity index (χ1n) is 18.0. The molecular weight excluding hydrogens is 818 g/mol. The monoisotopic (exact) mass is 861 g/mol. The number of hydrogen-bond donors (Lipinski definition) is 6. The second kappa shape index (κ2) is 22.4. The van der Waals surface area contributed by atoms with Crippen molar-refractivity contribution in [3.05, 3.63) is 81.9 Å². The summed E-state index contributed by atoms with van der Waals surface area (Å²) in [6.45, 7) is 3.84. The summed E-state index contributed by atoms with van der Waals surface area (Å²) in [5, 5.41) is 17.8. The maximum Gasteiger partial charge on any atom is 0.697 e. The van der Waals surface area contributed by atoms with Gasteiger partial charge in [0.2, 0.25) is 11.9 Å². The van der Waals surface area contributed by atoms with Gasteiger partial charge in [-0.3, -0.25) is 32.9 Å². The van der Waals surface area contributed by atoms with Crippen LogP contribution in [-0.4, -0.2) is 94.0 Å². The number of esters is 1. The van der Waals surface area contributed by atoms with Crippen LogP contribution < -0.4 is 27.2 Å². The number of ether oxygens (including phenoxy) is 1. The number of phosphoric ester groups is 1. The van der Waals surface area contributed by atoms with Crippen molar-refractivity contribution in [1.82, 2.24) is 25.3 Å². The van der Waals surface area contributed by atoms with Gasteiger partial charge in [-0.1, -0.05) is 12.1 Å². The van der Waals surface area contributed by atoms with Gasteiger partial charge in [0.1, 0.15) is 32.0 Å². The number of carbonyl (C=O) groups is 4. The van der Waals surface area contributed by atoms with Crippen molar-refractivity contribution in [2.75, 3.05) is 49.4 Å². The molecule has 2 heterocycles. The number of nitrogen functional groups attached to an aromatic ring is 1. The van der Waals surface area contributed by atoms with Gasteiger partial charge in [0, 0.05) is 22.2 Å². The van der Waals surface area contributed by atoms with E-state index in [4.69, 9.17) is 33.1 Å². The van der Waals surface area contributed by atoms with Crippen LogP contribution in [0.1, 0.15) is 60.0 Å². The summed E-state index contributed by atoms with van der Waals surface area (Å²) in [7, 11) is -6.70. The molecule has 0 bridgehead atoms. The average Bonchev–Trinajstić information content (AvgIpc) is 3.20. The number of aliphatic carboxylic acids is 1. The van der Waals surface area contributed by atoms with E-state index < -0.39 is 70.7 Å². The highest BCUT2D eigenvalue weighted by atomic mass is 31.2. The first-order chi connectivity index (χ1) is 28.2. The number of nitrogens with zero attached hydrogens (tertiary/aromatic N) is 3. The number of aromatic nitrogens is 4. The van der Waals surface area contributed by atoms with Crippen LogP contribution in [0.15, 0.2) is 59.5 Å². The van der Waals surface area contributed by atoms with Gasteiger partial charge in [0.15, 0.2) is 11.2 Å². The van der Waals surface area contributed by atoms with E-state index in [1.54, 1.807) is 32.9 Å². The maximum absolute atomic E-state index is 13.2. The number of H-pyrrole nitrogens is 1. The van der Waals surface area contributed by atoms with Crippen LogP contribution in [0.2, 0.25) is 0 Å². The number of nitrogens with one attached hydrogen (secondary N) is 4. The zero-order chi connectivity index (χ0) is 43.0. The minimum Gasteiger partial charge on any atom is -0.480 e. The molecule has 316 valence electrons. The summed E-state index contributed by atoms with van der Waals surface area (Å²) < 4.78 is 56.0. The number of para-hydroxylation sites is 1. The van der Waals surface area contributed by atoms with E-state index in [0.29, 0.717) is 11.4 Å². The minimum atomic E-state index is -4.13. The van der Waals surface area contributed by atoms with Gasteiger partial charge in [0.25, 0.3) is 11.5 Å². The lowest BCUT2D eigenvalue weighted by Crippen LogP contribution is -2.41. The molecule has 3 atom stereocenters. The van der Waals surface area contributed by atoms with Gasteiger partial charge in [-0.25, -0.2) is 24.1 Å². The molecule has 59 heavy (non-hydrogen) atoms. The Balaban J connectivity index is 1.31. The highest BCUT2D eigenvalue weighted by Gasteiger charge is 2.34. The fourth-order valence-electron chi connectivity index (χ4n) is 4.98. The molecule has 4 aromatic rings. The van der Waals surface area contributed by atoms with Crippen molar-refractivity contribution in [2.24, 2.45) is 0 Å². The van der Waals surface area contributed by atoms with Crippen LogP contribution in [-0.2, 0) is 52.6 Å². The van der Waals surface area contributed by atoms with Gasteiger partial charge in [0.05, 0.1) is 42.9 Å². The molecule has 0 aliphatic carbocycles. The first-order valence-corrected chi connectivity index (χ1v) is 20.5. The SMILES string of the molecule is CCO[P+](=O)OCC(COC(=O)c1ccccc1NC(=O)CC[C@@H](NC(=O)c1ccc(NCc2cnc3nc(N)[nH]c(=O)c3n2)cc1)C(=O)O)OP(=O)(OCC)OCC. The second-order valence-corrected chi connectivity index (χ2v) is 14.5. The highest BCUT2D eigenvalue weighted by molar-refractivity contribution is 7.48. The zero-order valence-electron chi connectivity index (χ0n) is 32.1. The topological polar surface area (TPSA) is 312 Å². The molecule has 0 fully saturated rings. The number of hydrogen-bond acceptors (Lipinski definition) is 18. The molecule has 0 aliphatic heterocycles. The normalized spacial score (nSPS) is 12.6. The van der Waals surface area contributed by atoms with Gasteiger partial charge < -0.3 is 31.5 Å². The predicted molar refractivity (Wildman–Crippen MR) is 211 cm³/mol. The van der Waals surface area contributed by atoms with Crippen molar-refractivity contribution >= 4 is 68.3 Å². The Bertz CT molecular complexity index is 2220. The van der Waals surface area contributed by atoms with E-state index in [0.717, 1.165) is 0 Å². The smallest absolute Gasteiger partial charge is 0.480 e. The van der Waals surface area contributed by atoms with Crippen molar-refractivity contribution in [2.45, 2.75) is 52.3 Å². The summed E-state index contributed by atoms with van der Waals surface area (Å²) in [5.74, 6) is -3.79. The molecule has 2 amide bonds. The lowest BCUT2D eigenvalue weighted by Gasteiger charge is -2.22. The van der Waals surface area contributed by atoms with E-state index in [-0.39, 0.29) is 73.1 Å².